The van der Waals surface area contributed by atoms with Crippen molar-refractivity contribution in [1.29, 1.82) is 0 Å². The first-order valence-corrected chi connectivity index (χ1v) is 6.23. The van der Waals surface area contributed by atoms with Crippen LogP contribution in [0.15, 0.2) is 42.6 Å². The van der Waals surface area contributed by atoms with Gasteiger partial charge in [-0.1, -0.05) is 30.3 Å². The van der Waals surface area contributed by atoms with Crippen LogP contribution in [-0.4, -0.2) is 11.6 Å². The van der Waals surface area contributed by atoms with E-state index >= 15 is 0 Å². The van der Waals surface area contributed by atoms with Crippen LogP contribution in [0.25, 0.3) is 0 Å². The minimum Gasteiger partial charge on any atom is -0.383 e. The molecule has 3 heteroatoms. The molecule has 2 aromatic rings. The molecular formula is C15H16N2O. The summed E-state index contributed by atoms with van der Waals surface area (Å²) < 4.78 is 5.88. The van der Waals surface area contributed by atoms with Gasteiger partial charge in [-0.05, 0) is 29.2 Å². The van der Waals surface area contributed by atoms with Crippen molar-refractivity contribution in [1.82, 2.24) is 4.98 Å². The normalized spacial score (nSPS) is 18.3. The second-order valence-corrected chi connectivity index (χ2v) is 4.56. The largest absolute Gasteiger partial charge is 0.383 e. The van der Waals surface area contributed by atoms with Gasteiger partial charge in [0.1, 0.15) is 5.82 Å². The van der Waals surface area contributed by atoms with Crippen LogP contribution in [0.3, 0.4) is 0 Å². The molecule has 0 fully saturated rings. The Labute approximate surface area is 107 Å². The summed E-state index contributed by atoms with van der Waals surface area (Å²) in [6.45, 7) is 0.780. The summed E-state index contributed by atoms with van der Waals surface area (Å²) in [7, 11) is 0. The van der Waals surface area contributed by atoms with Crippen LogP contribution in [0, 0.1) is 0 Å². The first-order valence-electron chi connectivity index (χ1n) is 6.23. The van der Waals surface area contributed by atoms with E-state index in [1.807, 2.05) is 12.1 Å². The minimum atomic E-state index is 0.0986. The van der Waals surface area contributed by atoms with Gasteiger partial charge in [0.05, 0.1) is 12.7 Å². The summed E-state index contributed by atoms with van der Waals surface area (Å²) in [6, 6.07) is 12.4. The number of nitrogens with zero attached hydrogens (tertiary/aromatic N) is 1. The second-order valence-electron chi connectivity index (χ2n) is 4.56. The Morgan fingerprint density at radius 1 is 1.22 bits per heavy atom. The summed E-state index contributed by atoms with van der Waals surface area (Å²) in [5.41, 5.74) is 9.62. The smallest absolute Gasteiger partial charge is 0.126 e. The fraction of sp³-hybridized carbons (Fsp3) is 0.267. The van der Waals surface area contributed by atoms with Gasteiger partial charge >= 0.3 is 0 Å². The van der Waals surface area contributed by atoms with E-state index in [0.29, 0.717) is 5.82 Å². The van der Waals surface area contributed by atoms with E-state index in [2.05, 4.69) is 29.2 Å². The summed E-state index contributed by atoms with van der Waals surface area (Å²) in [5, 5.41) is 0. The molecule has 0 bridgehead atoms. The topological polar surface area (TPSA) is 48.1 Å². The SMILES string of the molecule is Nc1ncccc1CC1OCCc2ccccc21. The molecule has 0 spiro atoms. The Morgan fingerprint density at radius 2 is 2.11 bits per heavy atom. The standard InChI is InChI=1S/C15H16N2O/c16-15-12(5-3-8-17-15)10-14-13-6-2-1-4-11(13)7-9-18-14/h1-6,8,14H,7,9-10H2,(H2,16,17). The number of nitrogen functional groups attached to an aromatic ring is 1. The molecule has 92 valence electrons. The molecular weight excluding hydrogens is 224 g/mol. The molecule has 1 atom stereocenters. The Balaban J connectivity index is 1.89. The molecule has 3 nitrogen and oxygen atoms in total. The molecule has 18 heavy (non-hydrogen) atoms. The lowest BCUT2D eigenvalue weighted by molar-refractivity contribution is 0.0428. The van der Waals surface area contributed by atoms with Gasteiger partial charge in [-0.25, -0.2) is 4.98 Å². The van der Waals surface area contributed by atoms with Crippen molar-refractivity contribution >= 4 is 5.82 Å². The van der Waals surface area contributed by atoms with E-state index in [1.54, 1.807) is 6.20 Å². The summed E-state index contributed by atoms with van der Waals surface area (Å²) in [6.07, 6.45) is 3.60. The molecule has 0 saturated heterocycles. The number of benzene rings is 1. The van der Waals surface area contributed by atoms with Gasteiger partial charge < -0.3 is 10.5 Å². The minimum absolute atomic E-state index is 0.0986. The number of hydrogen-bond acceptors (Lipinski definition) is 3. The van der Waals surface area contributed by atoms with Crippen LogP contribution in [0.1, 0.15) is 22.8 Å². The van der Waals surface area contributed by atoms with Crippen LogP contribution < -0.4 is 5.73 Å². The maximum atomic E-state index is 5.89. The average Bonchev–Trinajstić information content (AvgIpc) is 2.42. The fourth-order valence-corrected chi connectivity index (χ4v) is 2.47. The molecule has 0 saturated carbocycles. The molecule has 1 aliphatic rings. The zero-order valence-corrected chi connectivity index (χ0v) is 10.2. The van der Waals surface area contributed by atoms with Crippen molar-refractivity contribution in [3.8, 4) is 0 Å². The molecule has 0 radical (unpaired) electrons. The second kappa shape index (κ2) is 4.78. The number of aromatic nitrogens is 1. The molecule has 2 N–H and O–H groups in total. The number of anilines is 1. The molecule has 0 aliphatic carbocycles. The lowest BCUT2D eigenvalue weighted by atomic mass is 9.94. The third kappa shape index (κ3) is 2.09. The molecule has 1 aromatic carbocycles. The molecule has 0 amide bonds. The Bertz CT molecular complexity index is 554. The highest BCUT2D eigenvalue weighted by Gasteiger charge is 2.21. The van der Waals surface area contributed by atoms with Crippen molar-refractivity contribution in [2.75, 3.05) is 12.3 Å². The molecule has 1 unspecified atom stereocenters. The third-order valence-corrected chi connectivity index (χ3v) is 3.42. The monoisotopic (exact) mass is 240 g/mol. The van der Waals surface area contributed by atoms with Crippen molar-refractivity contribution in [2.24, 2.45) is 0 Å². The van der Waals surface area contributed by atoms with Crippen LogP contribution in [-0.2, 0) is 17.6 Å². The fourth-order valence-electron chi connectivity index (χ4n) is 2.47. The number of ether oxygens (including phenoxy) is 1. The van der Waals surface area contributed by atoms with Gasteiger partial charge in [0.15, 0.2) is 0 Å². The molecule has 1 aromatic heterocycles. The first-order chi connectivity index (χ1) is 8.84. The van der Waals surface area contributed by atoms with Crippen molar-refractivity contribution in [2.45, 2.75) is 18.9 Å². The van der Waals surface area contributed by atoms with Crippen molar-refractivity contribution < 1.29 is 4.74 Å². The average molecular weight is 240 g/mol. The van der Waals surface area contributed by atoms with Gasteiger partial charge in [-0.2, -0.15) is 0 Å². The number of nitrogens with two attached hydrogens (primary N) is 1. The van der Waals surface area contributed by atoms with E-state index in [0.717, 1.165) is 25.0 Å². The van der Waals surface area contributed by atoms with Crippen LogP contribution >= 0.6 is 0 Å². The molecule has 3 rings (SSSR count). The first kappa shape index (κ1) is 11.2. The van der Waals surface area contributed by atoms with Crippen LogP contribution in [0.5, 0.6) is 0 Å². The van der Waals surface area contributed by atoms with Crippen LogP contribution in [0.2, 0.25) is 0 Å². The predicted octanol–water partition coefficient (Wildman–Crippen LogP) is 2.52. The summed E-state index contributed by atoms with van der Waals surface area (Å²) >= 11 is 0. The van der Waals surface area contributed by atoms with Gasteiger partial charge in [0.25, 0.3) is 0 Å². The van der Waals surface area contributed by atoms with E-state index in [9.17, 15) is 0 Å². The van der Waals surface area contributed by atoms with Crippen LogP contribution in [0.4, 0.5) is 5.82 Å². The summed E-state index contributed by atoms with van der Waals surface area (Å²) in [5.74, 6) is 0.601. The zero-order valence-electron chi connectivity index (χ0n) is 10.2. The van der Waals surface area contributed by atoms with E-state index < -0.39 is 0 Å². The predicted molar refractivity (Wildman–Crippen MR) is 71.2 cm³/mol. The molecule has 1 aliphatic heterocycles. The lowest BCUT2D eigenvalue weighted by Gasteiger charge is -2.26. The highest BCUT2D eigenvalue weighted by molar-refractivity contribution is 5.40. The van der Waals surface area contributed by atoms with Gasteiger partial charge in [-0.3, -0.25) is 0 Å². The number of hydrogen-bond donors (Lipinski definition) is 1. The Hall–Kier alpha value is -1.87. The highest BCUT2D eigenvalue weighted by atomic mass is 16.5. The maximum absolute atomic E-state index is 5.89. The van der Waals surface area contributed by atoms with E-state index in [1.165, 1.54) is 11.1 Å². The quantitative estimate of drug-likeness (QED) is 0.877. The van der Waals surface area contributed by atoms with Crippen molar-refractivity contribution in [3.05, 3.63) is 59.3 Å². The summed E-state index contributed by atoms with van der Waals surface area (Å²) in [4.78, 5) is 4.12. The Kier molecular flexibility index (Phi) is 2.99. The third-order valence-electron chi connectivity index (χ3n) is 3.42. The number of fused-ring (bicyclic) bond motifs is 1. The van der Waals surface area contributed by atoms with E-state index in [4.69, 9.17) is 10.5 Å². The Morgan fingerprint density at radius 3 is 3.00 bits per heavy atom. The highest BCUT2D eigenvalue weighted by Crippen LogP contribution is 2.30. The van der Waals surface area contributed by atoms with E-state index in [-0.39, 0.29) is 6.10 Å². The van der Waals surface area contributed by atoms with Gasteiger partial charge in [-0.15, -0.1) is 0 Å². The maximum Gasteiger partial charge on any atom is 0.126 e. The van der Waals surface area contributed by atoms with Gasteiger partial charge in [0.2, 0.25) is 0 Å². The number of pyridine rings is 1. The van der Waals surface area contributed by atoms with Gasteiger partial charge in [0, 0.05) is 12.6 Å². The number of rotatable bonds is 2. The zero-order chi connectivity index (χ0) is 12.4. The van der Waals surface area contributed by atoms with Crippen molar-refractivity contribution in [3.63, 3.8) is 0 Å². The molecule has 2 heterocycles. The lowest BCUT2D eigenvalue weighted by Crippen LogP contribution is -2.18.